The molecule has 0 spiro atoms. The summed E-state index contributed by atoms with van der Waals surface area (Å²) in [5, 5.41) is 2.68. The Kier molecular flexibility index (Phi) is 6.27. The summed E-state index contributed by atoms with van der Waals surface area (Å²) in [4.78, 5) is 10.9. The summed E-state index contributed by atoms with van der Waals surface area (Å²) in [6.07, 6.45) is 0.662. The number of carbonyl (C=O) groups is 1. The van der Waals surface area contributed by atoms with Gasteiger partial charge in [0, 0.05) is 25.9 Å². The summed E-state index contributed by atoms with van der Waals surface area (Å²) in [5.41, 5.74) is 0.963. The van der Waals surface area contributed by atoms with E-state index in [0.29, 0.717) is 13.0 Å². The third-order valence-corrected chi connectivity index (χ3v) is 4.07. The van der Waals surface area contributed by atoms with Crippen molar-refractivity contribution in [3.8, 4) is 0 Å². The first-order valence-corrected chi connectivity index (χ1v) is 7.86. The van der Waals surface area contributed by atoms with Crippen molar-refractivity contribution in [3.63, 3.8) is 0 Å². The predicted octanol–water partition coefficient (Wildman–Crippen LogP) is 0.882. The van der Waals surface area contributed by atoms with Crippen molar-refractivity contribution >= 4 is 27.5 Å². The molecule has 0 aliphatic rings. The Morgan fingerprint density at radius 3 is 2.37 bits per heavy atom. The summed E-state index contributed by atoms with van der Waals surface area (Å²) in [6.45, 7) is 2.19. The molecule has 1 rings (SSSR count). The molecule has 19 heavy (non-hydrogen) atoms. The van der Waals surface area contributed by atoms with Crippen molar-refractivity contribution < 1.29 is 13.2 Å². The maximum atomic E-state index is 11.8. The average molecular weight is 305 g/mol. The lowest BCUT2D eigenvalue weighted by Crippen LogP contribution is -2.25. The van der Waals surface area contributed by atoms with E-state index in [-0.39, 0.29) is 23.2 Å². The summed E-state index contributed by atoms with van der Waals surface area (Å²) >= 11 is 5.44. The number of hydrogen-bond acceptors (Lipinski definition) is 3. The molecule has 0 aliphatic carbocycles. The van der Waals surface area contributed by atoms with Crippen molar-refractivity contribution in [2.45, 2.75) is 18.2 Å². The second-order valence-corrected chi connectivity index (χ2v) is 6.11. The van der Waals surface area contributed by atoms with Crippen molar-refractivity contribution in [3.05, 3.63) is 29.8 Å². The maximum Gasteiger partial charge on any atom is 0.240 e. The van der Waals surface area contributed by atoms with E-state index in [1.165, 1.54) is 6.92 Å². The van der Waals surface area contributed by atoms with Crippen LogP contribution in [0.25, 0.3) is 0 Å². The van der Waals surface area contributed by atoms with Crippen LogP contribution in [0.2, 0.25) is 0 Å². The van der Waals surface area contributed by atoms with Gasteiger partial charge in [0.2, 0.25) is 15.9 Å². The van der Waals surface area contributed by atoms with Crippen LogP contribution >= 0.6 is 11.6 Å². The predicted molar refractivity (Wildman–Crippen MR) is 74.7 cm³/mol. The largest absolute Gasteiger partial charge is 0.356 e. The third-order valence-electron chi connectivity index (χ3n) is 2.41. The van der Waals surface area contributed by atoms with Gasteiger partial charge in [0.1, 0.15) is 0 Å². The number of halogens is 1. The smallest absolute Gasteiger partial charge is 0.240 e. The number of alkyl halides is 1. The van der Waals surface area contributed by atoms with Gasteiger partial charge in [-0.25, -0.2) is 13.1 Å². The fourth-order valence-electron chi connectivity index (χ4n) is 1.47. The number of carbonyl (C=O) groups excluding carboxylic acids is 1. The molecule has 0 saturated carbocycles. The van der Waals surface area contributed by atoms with Gasteiger partial charge >= 0.3 is 0 Å². The minimum Gasteiger partial charge on any atom is -0.356 e. The van der Waals surface area contributed by atoms with Gasteiger partial charge in [-0.05, 0) is 24.1 Å². The minimum atomic E-state index is -3.48. The highest BCUT2D eigenvalue weighted by Crippen LogP contribution is 2.10. The molecule has 0 aliphatic heterocycles. The molecule has 0 radical (unpaired) electrons. The molecule has 106 valence electrons. The highest BCUT2D eigenvalue weighted by molar-refractivity contribution is 7.89. The van der Waals surface area contributed by atoms with Crippen LogP contribution in [0.3, 0.4) is 0 Å². The first kappa shape index (κ1) is 15.9. The summed E-state index contributed by atoms with van der Waals surface area (Å²) < 4.78 is 25.9. The fraction of sp³-hybridized carbons (Fsp3) is 0.417. The lowest BCUT2D eigenvalue weighted by molar-refractivity contribution is -0.118. The van der Waals surface area contributed by atoms with Gasteiger partial charge < -0.3 is 5.32 Å². The monoisotopic (exact) mass is 304 g/mol. The van der Waals surface area contributed by atoms with Crippen molar-refractivity contribution in [1.82, 2.24) is 10.0 Å². The Balaban J connectivity index is 2.63. The van der Waals surface area contributed by atoms with Crippen molar-refractivity contribution in [2.75, 3.05) is 19.0 Å². The standard InChI is InChI=1S/C12H17ClN2O3S/c1-10(16)14-8-6-11-2-4-12(5-3-11)19(17,18)15-9-7-13/h2-5,15H,6-9H2,1H3,(H,14,16). The van der Waals surface area contributed by atoms with Crippen molar-refractivity contribution in [1.29, 1.82) is 0 Å². The molecule has 0 fully saturated rings. The maximum absolute atomic E-state index is 11.8. The van der Waals surface area contributed by atoms with Gasteiger partial charge in [0.25, 0.3) is 0 Å². The molecule has 0 aromatic heterocycles. The molecule has 1 amide bonds. The Bertz CT molecular complexity index is 514. The number of benzene rings is 1. The lowest BCUT2D eigenvalue weighted by atomic mass is 10.1. The van der Waals surface area contributed by atoms with Crippen LogP contribution in [0.4, 0.5) is 0 Å². The molecule has 1 aromatic carbocycles. The minimum absolute atomic E-state index is 0.0792. The molecule has 5 nitrogen and oxygen atoms in total. The first-order chi connectivity index (χ1) is 8.95. The van der Waals surface area contributed by atoms with Crippen LogP contribution in [0.1, 0.15) is 12.5 Å². The zero-order valence-electron chi connectivity index (χ0n) is 10.6. The highest BCUT2D eigenvalue weighted by Gasteiger charge is 2.12. The average Bonchev–Trinajstić information content (AvgIpc) is 2.37. The number of hydrogen-bond donors (Lipinski definition) is 2. The van der Waals surface area contributed by atoms with Gasteiger partial charge in [0.05, 0.1) is 4.90 Å². The van der Waals surface area contributed by atoms with E-state index < -0.39 is 10.0 Å². The normalized spacial score (nSPS) is 11.3. The second kappa shape index (κ2) is 7.47. The molecule has 0 unspecified atom stereocenters. The Hall–Kier alpha value is -1.11. The van der Waals surface area contributed by atoms with Gasteiger partial charge in [0.15, 0.2) is 0 Å². The lowest BCUT2D eigenvalue weighted by Gasteiger charge is -2.07. The number of amides is 1. The van der Waals surface area contributed by atoms with E-state index in [4.69, 9.17) is 11.6 Å². The van der Waals surface area contributed by atoms with Crippen LogP contribution in [-0.2, 0) is 21.2 Å². The van der Waals surface area contributed by atoms with E-state index in [0.717, 1.165) is 5.56 Å². The van der Waals surface area contributed by atoms with E-state index >= 15 is 0 Å². The zero-order valence-corrected chi connectivity index (χ0v) is 12.2. The Morgan fingerprint density at radius 2 is 1.84 bits per heavy atom. The molecular weight excluding hydrogens is 288 g/mol. The van der Waals surface area contributed by atoms with Gasteiger partial charge in [-0.15, -0.1) is 11.6 Å². The summed E-state index contributed by atoms with van der Waals surface area (Å²) in [6, 6.07) is 6.55. The van der Waals surface area contributed by atoms with Gasteiger partial charge in [-0.2, -0.15) is 0 Å². The Morgan fingerprint density at radius 1 is 1.21 bits per heavy atom. The summed E-state index contributed by atoms with van der Waals surface area (Å²) in [7, 11) is -3.48. The van der Waals surface area contributed by atoms with E-state index in [1.54, 1.807) is 24.3 Å². The molecule has 0 bridgehead atoms. The quantitative estimate of drug-likeness (QED) is 0.734. The van der Waals surface area contributed by atoms with Crippen LogP contribution in [0, 0.1) is 0 Å². The number of sulfonamides is 1. The third kappa shape index (κ3) is 5.59. The molecule has 0 saturated heterocycles. The van der Waals surface area contributed by atoms with E-state index in [1.807, 2.05) is 0 Å². The van der Waals surface area contributed by atoms with Crippen LogP contribution in [0.5, 0.6) is 0 Å². The van der Waals surface area contributed by atoms with E-state index in [2.05, 4.69) is 10.0 Å². The molecule has 1 aromatic rings. The fourth-order valence-corrected chi connectivity index (χ4v) is 2.71. The van der Waals surface area contributed by atoms with Crippen LogP contribution in [-0.4, -0.2) is 33.3 Å². The zero-order chi connectivity index (χ0) is 14.3. The van der Waals surface area contributed by atoms with Gasteiger partial charge in [-0.1, -0.05) is 12.1 Å². The molecule has 0 atom stereocenters. The molecular formula is C12H17ClN2O3S. The Labute approximate surface area is 118 Å². The topological polar surface area (TPSA) is 75.3 Å². The molecule has 2 N–H and O–H groups in total. The molecule has 7 heteroatoms. The SMILES string of the molecule is CC(=O)NCCc1ccc(S(=O)(=O)NCCCl)cc1. The van der Waals surface area contributed by atoms with Gasteiger partial charge in [-0.3, -0.25) is 4.79 Å². The highest BCUT2D eigenvalue weighted by atomic mass is 35.5. The number of rotatable bonds is 7. The summed E-state index contributed by atoms with van der Waals surface area (Å²) in [5.74, 6) is 0.151. The number of nitrogens with one attached hydrogen (secondary N) is 2. The second-order valence-electron chi connectivity index (χ2n) is 3.96. The van der Waals surface area contributed by atoms with Crippen molar-refractivity contribution in [2.24, 2.45) is 0 Å². The first-order valence-electron chi connectivity index (χ1n) is 5.84. The van der Waals surface area contributed by atoms with Crippen LogP contribution in [0.15, 0.2) is 29.2 Å². The van der Waals surface area contributed by atoms with Crippen LogP contribution < -0.4 is 10.0 Å². The molecule has 0 heterocycles. The van der Waals surface area contributed by atoms with E-state index in [9.17, 15) is 13.2 Å².